The number of nitrogens with one attached hydrogen (secondary N) is 2. The number of aromatic nitrogens is 3. The molecule has 0 saturated heterocycles. The molecule has 0 fully saturated rings. The normalized spacial score (nSPS) is 10.5. The molecule has 0 unspecified atom stereocenters. The van der Waals surface area contributed by atoms with Gasteiger partial charge in [0, 0.05) is 42.4 Å². The molecule has 9 nitrogen and oxygen atoms in total. The zero-order chi connectivity index (χ0) is 19.9. The number of nitrogens with two attached hydrogens (primary N) is 1. The minimum Gasteiger partial charge on any atom is -0.383 e. The van der Waals surface area contributed by atoms with Gasteiger partial charge in [-0.25, -0.2) is 9.97 Å². The number of rotatable bonds is 8. The van der Waals surface area contributed by atoms with Crippen LogP contribution >= 0.6 is 11.6 Å². The van der Waals surface area contributed by atoms with Crippen molar-refractivity contribution in [3.63, 3.8) is 0 Å². The minimum atomic E-state index is -0.489. The molecule has 10 heteroatoms. The molecule has 0 radical (unpaired) electrons. The molecule has 2 aromatic heterocycles. The summed E-state index contributed by atoms with van der Waals surface area (Å²) >= 11 is 5.89. The van der Waals surface area contributed by atoms with Crippen LogP contribution in [0.1, 0.15) is 11.1 Å². The SMILES string of the molecule is Nc1nc(NCCNc2ccc([N+](=O)[O-])cn2)ncc1Cc1ccc(Cl)cc1. The van der Waals surface area contributed by atoms with Crippen LogP contribution in [-0.2, 0) is 6.42 Å². The summed E-state index contributed by atoms with van der Waals surface area (Å²) in [4.78, 5) is 22.6. The first-order valence-corrected chi connectivity index (χ1v) is 8.83. The van der Waals surface area contributed by atoms with Crippen molar-refractivity contribution < 1.29 is 4.92 Å². The lowest BCUT2D eigenvalue weighted by atomic mass is 10.1. The van der Waals surface area contributed by atoms with Crippen LogP contribution in [0.4, 0.5) is 23.3 Å². The number of hydrogen-bond acceptors (Lipinski definition) is 8. The molecule has 3 rings (SSSR count). The van der Waals surface area contributed by atoms with E-state index in [1.54, 1.807) is 12.3 Å². The van der Waals surface area contributed by atoms with Crippen molar-refractivity contribution in [3.8, 4) is 0 Å². The molecule has 0 atom stereocenters. The number of pyridine rings is 1. The van der Waals surface area contributed by atoms with Crippen LogP contribution in [0.2, 0.25) is 5.02 Å². The maximum Gasteiger partial charge on any atom is 0.287 e. The standard InChI is InChI=1S/C18H18ClN7O2/c19-14-3-1-12(2-4-14)9-13-10-24-18(25-17(13)20)22-8-7-21-16-6-5-15(11-23-16)26(27)28/h1-6,10-11H,7-9H2,(H,21,23)(H3,20,22,24,25). The Morgan fingerprint density at radius 1 is 1.04 bits per heavy atom. The third-order valence-electron chi connectivity index (χ3n) is 3.88. The van der Waals surface area contributed by atoms with E-state index in [2.05, 4.69) is 25.6 Å². The fourth-order valence-electron chi connectivity index (χ4n) is 2.43. The van der Waals surface area contributed by atoms with E-state index < -0.39 is 4.92 Å². The van der Waals surface area contributed by atoms with Crippen molar-refractivity contribution in [3.05, 3.63) is 75.1 Å². The summed E-state index contributed by atoms with van der Waals surface area (Å²) in [5.41, 5.74) is 7.89. The summed E-state index contributed by atoms with van der Waals surface area (Å²) in [6, 6.07) is 10.5. The number of nitrogen functional groups attached to an aromatic ring is 1. The van der Waals surface area contributed by atoms with E-state index in [0.29, 0.717) is 42.1 Å². The van der Waals surface area contributed by atoms with E-state index >= 15 is 0 Å². The first-order valence-electron chi connectivity index (χ1n) is 8.45. The van der Waals surface area contributed by atoms with Gasteiger partial charge in [-0.15, -0.1) is 0 Å². The highest BCUT2D eigenvalue weighted by Gasteiger charge is 2.07. The second-order valence-electron chi connectivity index (χ2n) is 5.92. The van der Waals surface area contributed by atoms with Crippen LogP contribution in [0.15, 0.2) is 48.8 Å². The Hall–Kier alpha value is -3.46. The lowest BCUT2D eigenvalue weighted by Crippen LogP contribution is -2.16. The van der Waals surface area contributed by atoms with Crippen LogP contribution in [0, 0.1) is 10.1 Å². The quantitative estimate of drug-likeness (QED) is 0.299. The van der Waals surface area contributed by atoms with Gasteiger partial charge in [0.1, 0.15) is 17.8 Å². The summed E-state index contributed by atoms with van der Waals surface area (Å²) in [7, 11) is 0. The van der Waals surface area contributed by atoms with Gasteiger partial charge in [0.15, 0.2) is 0 Å². The molecule has 0 spiro atoms. The van der Waals surface area contributed by atoms with Gasteiger partial charge in [-0.05, 0) is 23.8 Å². The second kappa shape index (κ2) is 8.96. The highest BCUT2D eigenvalue weighted by molar-refractivity contribution is 6.30. The Balaban J connectivity index is 1.49. The third kappa shape index (κ3) is 5.27. The van der Waals surface area contributed by atoms with Crippen molar-refractivity contribution >= 4 is 34.9 Å². The van der Waals surface area contributed by atoms with Gasteiger partial charge >= 0.3 is 0 Å². The van der Waals surface area contributed by atoms with Gasteiger partial charge in [-0.2, -0.15) is 4.98 Å². The monoisotopic (exact) mass is 399 g/mol. The van der Waals surface area contributed by atoms with Gasteiger partial charge in [0.05, 0.1) is 4.92 Å². The van der Waals surface area contributed by atoms with E-state index in [4.69, 9.17) is 17.3 Å². The minimum absolute atomic E-state index is 0.0498. The number of anilines is 3. The van der Waals surface area contributed by atoms with Gasteiger partial charge < -0.3 is 16.4 Å². The lowest BCUT2D eigenvalue weighted by molar-refractivity contribution is -0.385. The van der Waals surface area contributed by atoms with Crippen molar-refractivity contribution in [1.82, 2.24) is 15.0 Å². The predicted octanol–water partition coefficient (Wildman–Crippen LogP) is 3.13. The van der Waals surface area contributed by atoms with E-state index in [1.807, 2.05) is 24.3 Å². The van der Waals surface area contributed by atoms with E-state index in [9.17, 15) is 10.1 Å². The Bertz CT molecular complexity index is 949. The van der Waals surface area contributed by atoms with Crippen LogP contribution in [0.25, 0.3) is 0 Å². The topological polar surface area (TPSA) is 132 Å². The molecule has 4 N–H and O–H groups in total. The van der Waals surface area contributed by atoms with Crippen molar-refractivity contribution in [2.24, 2.45) is 0 Å². The fourth-order valence-corrected chi connectivity index (χ4v) is 2.55. The van der Waals surface area contributed by atoms with Gasteiger partial charge in [0.2, 0.25) is 5.95 Å². The summed E-state index contributed by atoms with van der Waals surface area (Å²) in [6.45, 7) is 1.05. The molecular weight excluding hydrogens is 382 g/mol. The predicted molar refractivity (Wildman–Crippen MR) is 109 cm³/mol. The summed E-state index contributed by atoms with van der Waals surface area (Å²) in [5.74, 6) is 1.39. The summed E-state index contributed by atoms with van der Waals surface area (Å²) in [5, 5.41) is 17.4. The number of hydrogen-bond donors (Lipinski definition) is 3. The highest BCUT2D eigenvalue weighted by atomic mass is 35.5. The van der Waals surface area contributed by atoms with E-state index in [0.717, 1.165) is 11.1 Å². The Morgan fingerprint density at radius 2 is 1.79 bits per heavy atom. The number of nitrogens with zero attached hydrogens (tertiary/aromatic N) is 4. The van der Waals surface area contributed by atoms with Crippen molar-refractivity contribution in [2.45, 2.75) is 6.42 Å². The van der Waals surface area contributed by atoms with Gasteiger partial charge in [-0.3, -0.25) is 10.1 Å². The number of nitro groups is 1. The number of benzene rings is 1. The second-order valence-corrected chi connectivity index (χ2v) is 6.36. The average Bonchev–Trinajstić information content (AvgIpc) is 2.69. The molecular formula is C18H18ClN7O2. The molecule has 3 aromatic rings. The average molecular weight is 400 g/mol. The molecule has 2 heterocycles. The molecule has 0 amide bonds. The largest absolute Gasteiger partial charge is 0.383 e. The first-order chi connectivity index (χ1) is 13.5. The van der Waals surface area contributed by atoms with E-state index in [-0.39, 0.29) is 5.69 Å². The molecule has 144 valence electrons. The van der Waals surface area contributed by atoms with Crippen molar-refractivity contribution in [1.29, 1.82) is 0 Å². The smallest absolute Gasteiger partial charge is 0.287 e. The zero-order valence-corrected chi connectivity index (χ0v) is 15.6. The van der Waals surface area contributed by atoms with Crippen LogP contribution in [0.5, 0.6) is 0 Å². The van der Waals surface area contributed by atoms with Crippen LogP contribution < -0.4 is 16.4 Å². The Kier molecular flexibility index (Phi) is 6.18. The molecule has 0 aliphatic rings. The Morgan fingerprint density at radius 3 is 2.43 bits per heavy atom. The maximum absolute atomic E-state index is 10.6. The molecule has 1 aromatic carbocycles. The van der Waals surface area contributed by atoms with Crippen molar-refractivity contribution in [2.75, 3.05) is 29.5 Å². The number of halogens is 1. The first kappa shape index (κ1) is 19.3. The maximum atomic E-state index is 10.6. The highest BCUT2D eigenvalue weighted by Crippen LogP contribution is 2.17. The van der Waals surface area contributed by atoms with Gasteiger partial charge in [-0.1, -0.05) is 23.7 Å². The van der Waals surface area contributed by atoms with Crippen LogP contribution in [0.3, 0.4) is 0 Å². The molecule has 0 aliphatic carbocycles. The fraction of sp³-hybridized carbons (Fsp3) is 0.167. The van der Waals surface area contributed by atoms with Gasteiger partial charge in [0.25, 0.3) is 5.69 Å². The van der Waals surface area contributed by atoms with E-state index in [1.165, 1.54) is 12.3 Å². The molecule has 0 saturated carbocycles. The summed E-state index contributed by atoms with van der Waals surface area (Å²) < 4.78 is 0. The lowest BCUT2D eigenvalue weighted by Gasteiger charge is -2.09. The molecule has 0 aliphatic heterocycles. The summed E-state index contributed by atoms with van der Waals surface area (Å²) in [6.07, 6.45) is 3.53. The third-order valence-corrected chi connectivity index (χ3v) is 4.13. The zero-order valence-electron chi connectivity index (χ0n) is 14.8. The molecule has 0 bridgehead atoms. The molecule has 28 heavy (non-hydrogen) atoms. The van der Waals surface area contributed by atoms with Crippen LogP contribution in [-0.4, -0.2) is 33.0 Å². The Labute approximate surface area is 166 Å².